The summed E-state index contributed by atoms with van der Waals surface area (Å²) < 4.78 is 11.5. The molecule has 0 saturated carbocycles. The quantitative estimate of drug-likeness (QED) is 0.624. The van der Waals surface area contributed by atoms with E-state index in [0.717, 1.165) is 11.1 Å². The molecule has 21 heavy (non-hydrogen) atoms. The summed E-state index contributed by atoms with van der Waals surface area (Å²) in [6.07, 6.45) is 0. The van der Waals surface area contributed by atoms with E-state index in [2.05, 4.69) is 0 Å². The zero-order valence-corrected chi connectivity index (χ0v) is 13.8. The second-order valence-electron chi connectivity index (χ2n) is 4.31. The molecule has 2 nitrogen and oxygen atoms in total. The van der Waals surface area contributed by atoms with Crippen molar-refractivity contribution in [2.45, 2.75) is 19.4 Å². The van der Waals surface area contributed by atoms with Crippen molar-refractivity contribution in [3.63, 3.8) is 0 Å². The first-order valence-corrected chi connectivity index (χ1v) is 7.82. The van der Waals surface area contributed by atoms with Crippen LogP contribution in [-0.2, 0) is 12.5 Å². The van der Waals surface area contributed by atoms with Crippen LogP contribution >= 0.6 is 34.8 Å². The van der Waals surface area contributed by atoms with Gasteiger partial charge in [0.2, 0.25) is 0 Å². The van der Waals surface area contributed by atoms with Gasteiger partial charge in [-0.2, -0.15) is 0 Å². The minimum Gasteiger partial charge on any atom is -0.490 e. The van der Waals surface area contributed by atoms with Gasteiger partial charge in [-0.3, -0.25) is 0 Å². The highest BCUT2D eigenvalue weighted by Crippen LogP contribution is 2.34. The van der Waals surface area contributed by atoms with E-state index < -0.39 is 0 Å². The summed E-state index contributed by atoms with van der Waals surface area (Å²) in [5, 5.41) is 1.01. The number of benzene rings is 2. The standard InChI is InChI=1S/C16H15Cl3O2/c1-2-20-14-8-4-5-11(9-17)16(14)21-10-12-6-3-7-13(18)15(12)19/h3-8H,2,9-10H2,1H3. The molecule has 0 saturated heterocycles. The molecule has 2 aromatic carbocycles. The third-order valence-electron chi connectivity index (χ3n) is 2.91. The Bertz CT molecular complexity index is 614. The minimum atomic E-state index is 0.299. The van der Waals surface area contributed by atoms with Crippen molar-refractivity contribution < 1.29 is 9.47 Å². The normalized spacial score (nSPS) is 10.5. The second-order valence-corrected chi connectivity index (χ2v) is 5.37. The first-order chi connectivity index (χ1) is 10.2. The van der Waals surface area contributed by atoms with Gasteiger partial charge in [0, 0.05) is 11.1 Å². The summed E-state index contributed by atoms with van der Waals surface area (Å²) in [6.45, 7) is 2.78. The highest BCUT2D eigenvalue weighted by molar-refractivity contribution is 6.42. The number of halogens is 3. The number of alkyl halides is 1. The molecule has 0 radical (unpaired) electrons. The van der Waals surface area contributed by atoms with Crippen LogP contribution in [0.25, 0.3) is 0 Å². The smallest absolute Gasteiger partial charge is 0.166 e. The molecule has 0 N–H and O–H groups in total. The molecule has 0 aliphatic rings. The largest absolute Gasteiger partial charge is 0.490 e. The van der Waals surface area contributed by atoms with Gasteiger partial charge in [-0.05, 0) is 19.1 Å². The Morgan fingerprint density at radius 1 is 0.952 bits per heavy atom. The maximum atomic E-state index is 6.16. The fraction of sp³-hybridized carbons (Fsp3) is 0.250. The fourth-order valence-corrected chi connectivity index (χ4v) is 2.49. The van der Waals surface area contributed by atoms with Crippen LogP contribution in [0.2, 0.25) is 10.0 Å². The Morgan fingerprint density at radius 3 is 2.38 bits per heavy atom. The lowest BCUT2D eigenvalue weighted by atomic mass is 10.2. The summed E-state index contributed by atoms with van der Waals surface area (Å²) in [6, 6.07) is 11.1. The van der Waals surface area contributed by atoms with E-state index in [0.29, 0.717) is 40.6 Å². The molecule has 2 aromatic rings. The number of hydrogen-bond acceptors (Lipinski definition) is 2. The predicted octanol–water partition coefficient (Wildman–Crippen LogP) is 5.71. The van der Waals surface area contributed by atoms with Gasteiger partial charge in [0.15, 0.2) is 11.5 Å². The van der Waals surface area contributed by atoms with Gasteiger partial charge in [-0.25, -0.2) is 0 Å². The molecule has 0 aliphatic heterocycles. The van der Waals surface area contributed by atoms with Crippen molar-refractivity contribution in [3.8, 4) is 11.5 Å². The van der Waals surface area contributed by atoms with Gasteiger partial charge in [0.1, 0.15) is 6.61 Å². The number of para-hydroxylation sites is 1. The lowest BCUT2D eigenvalue weighted by Gasteiger charge is -2.15. The highest BCUT2D eigenvalue weighted by atomic mass is 35.5. The van der Waals surface area contributed by atoms with Crippen LogP contribution in [0.3, 0.4) is 0 Å². The summed E-state index contributed by atoms with van der Waals surface area (Å²) in [5.74, 6) is 1.67. The molecule has 0 aliphatic carbocycles. The van der Waals surface area contributed by atoms with Gasteiger partial charge in [0.05, 0.1) is 22.5 Å². The van der Waals surface area contributed by atoms with Crippen LogP contribution in [0, 0.1) is 0 Å². The molecule has 2 rings (SSSR count). The Hall–Kier alpha value is -1.09. The molecule has 0 aromatic heterocycles. The Kier molecular flexibility index (Phi) is 6.04. The maximum Gasteiger partial charge on any atom is 0.166 e. The van der Waals surface area contributed by atoms with Crippen molar-refractivity contribution in [2.24, 2.45) is 0 Å². The molecule has 0 atom stereocenters. The molecule has 0 spiro atoms. The van der Waals surface area contributed by atoms with Crippen LogP contribution in [0.4, 0.5) is 0 Å². The highest BCUT2D eigenvalue weighted by Gasteiger charge is 2.12. The summed E-state index contributed by atoms with van der Waals surface area (Å²) >= 11 is 18.1. The zero-order chi connectivity index (χ0) is 15.2. The van der Waals surface area contributed by atoms with Crippen molar-refractivity contribution in [1.29, 1.82) is 0 Å². The van der Waals surface area contributed by atoms with E-state index in [4.69, 9.17) is 44.3 Å². The topological polar surface area (TPSA) is 18.5 Å². The molecular weight excluding hydrogens is 331 g/mol. The Morgan fingerprint density at radius 2 is 1.67 bits per heavy atom. The van der Waals surface area contributed by atoms with E-state index in [1.807, 2.05) is 37.3 Å². The second kappa shape index (κ2) is 7.79. The summed E-state index contributed by atoms with van der Waals surface area (Å²) in [4.78, 5) is 0. The van der Waals surface area contributed by atoms with Crippen molar-refractivity contribution in [3.05, 3.63) is 57.6 Å². The molecule has 0 amide bonds. The number of rotatable bonds is 6. The van der Waals surface area contributed by atoms with Crippen LogP contribution < -0.4 is 9.47 Å². The first kappa shape index (κ1) is 16.3. The van der Waals surface area contributed by atoms with Gasteiger partial charge in [-0.1, -0.05) is 47.5 Å². The minimum absolute atomic E-state index is 0.299. The van der Waals surface area contributed by atoms with Gasteiger partial charge in [-0.15, -0.1) is 11.6 Å². The molecule has 0 heterocycles. The van der Waals surface area contributed by atoms with E-state index in [-0.39, 0.29) is 0 Å². The average molecular weight is 346 g/mol. The summed E-state index contributed by atoms with van der Waals surface area (Å²) in [7, 11) is 0. The van der Waals surface area contributed by atoms with Gasteiger partial charge < -0.3 is 9.47 Å². The SMILES string of the molecule is CCOc1cccc(CCl)c1OCc1cccc(Cl)c1Cl. The van der Waals surface area contributed by atoms with E-state index in [1.54, 1.807) is 6.07 Å². The number of ether oxygens (including phenoxy) is 2. The average Bonchev–Trinajstić information content (AvgIpc) is 2.49. The van der Waals surface area contributed by atoms with Crippen molar-refractivity contribution >= 4 is 34.8 Å². The summed E-state index contributed by atoms with van der Waals surface area (Å²) in [5.41, 5.74) is 1.69. The molecule has 0 unspecified atom stereocenters. The Balaban J connectivity index is 2.24. The van der Waals surface area contributed by atoms with Gasteiger partial charge >= 0.3 is 0 Å². The third-order valence-corrected chi connectivity index (χ3v) is 4.05. The molecule has 5 heteroatoms. The molecule has 112 valence electrons. The Labute approximate surface area is 139 Å². The molecular formula is C16H15Cl3O2. The maximum absolute atomic E-state index is 6.16. The van der Waals surface area contributed by atoms with Crippen molar-refractivity contribution in [2.75, 3.05) is 6.61 Å². The molecule has 0 bridgehead atoms. The van der Waals surface area contributed by atoms with Gasteiger partial charge in [0.25, 0.3) is 0 Å². The van der Waals surface area contributed by atoms with Crippen LogP contribution in [-0.4, -0.2) is 6.61 Å². The van der Waals surface area contributed by atoms with Crippen molar-refractivity contribution in [1.82, 2.24) is 0 Å². The first-order valence-electron chi connectivity index (χ1n) is 6.53. The lowest BCUT2D eigenvalue weighted by Crippen LogP contribution is -2.02. The zero-order valence-electron chi connectivity index (χ0n) is 11.5. The van der Waals surface area contributed by atoms with E-state index >= 15 is 0 Å². The van der Waals surface area contributed by atoms with E-state index in [9.17, 15) is 0 Å². The lowest BCUT2D eigenvalue weighted by molar-refractivity contribution is 0.267. The van der Waals surface area contributed by atoms with E-state index in [1.165, 1.54) is 0 Å². The van der Waals surface area contributed by atoms with Crippen LogP contribution in [0.15, 0.2) is 36.4 Å². The predicted molar refractivity (Wildman–Crippen MR) is 88.0 cm³/mol. The number of hydrogen-bond donors (Lipinski definition) is 0. The monoisotopic (exact) mass is 344 g/mol. The van der Waals surface area contributed by atoms with Crippen LogP contribution in [0.1, 0.15) is 18.1 Å². The molecule has 0 fully saturated rings. The third kappa shape index (κ3) is 3.97. The fourth-order valence-electron chi connectivity index (χ4n) is 1.91. The van der Waals surface area contributed by atoms with Crippen LogP contribution in [0.5, 0.6) is 11.5 Å².